The van der Waals surface area contributed by atoms with Crippen LogP contribution in [0.1, 0.15) is 24.1 Å². The molecule has 1 aromatic rings. The third-order valence-electron chi connectivity index (χ3n) is 4.12. The lowest BCUT2D eigenvalue weighted by atomic mass is 9.95. The van der Waals surface area contributed by atoms with Gasteiger partial charge in [0.05, 0.1) is 25.9 Å². The third-order valence-corrected chi connectivity index (χ3v) is 4.12. The van der Waals surface area contributed by atoms with Crippen molar-refractivity contribution >= 4 is 0 Å². The van der Waals surface area contributed by atoms with Crippen molar-refractivity contribution < 1.29 is 9.47 Å². The quantitative estimate of drug-likeness (QED) is 0.893. The zero-order valence-corrected chi connectivity index (χ0v) is 13.0. The maximum atomic E-state index is 5.99. The lowest BCUT2D eigenvalue weighted by Gasteiger charge is -2.37. The minimum absolute atomic E-state index is 0.195. The molecule has 0 aliphatic carbocycles. The van der Waals surface area contributed by atoms with E-state index in [0.29, 0.717) is 0 Å². The third kappa shape index (κ3) is 3.32. The van der Waals surface area contributed by atoms with Crippen LogP contribution in [-0.2, 0) is 4.74 Å². The van der Waals surface area contributed by atoms with Crippen LogP contribution in [0.3, 0.4) is 0 Å². The molecular formula is C16H26N2O2. The minimum Gasteiger partial charge on any atom is -0.497 e. The highest BCUT2D eigenvalue weighted by Gasteiger charge is 2.28. The molecule has 1 saturated heterocycles. The predicted molar refractivity (Wildman–Crippen MR) is 81.4 cm³/mol. The number of rotatable bonds is 5. The topological polar surface area (TPSA) is 33.7 Å². The molecule has 4 heteroatoms. The van der Waals surface area contributed by atoms with Gasteiger partial charge in [0, 0.05) is 13.1 Å². The number of ether oxygens (including phenoxy) is 2. The zero-order valence-electron chi connectivity index (χ0n) is 13.0. The van der Waals surface area contributed by atoms with Crippen molar-refractivity contribution in [2.45, 2.75) is 26.0 Å². The summed E-state index contributed by atoms with van der Waals surface area (Å²) in [7, 11) is 3.70. The number of benzene rings is 1. The van der Waals surface area contributed by atoms with Crippen molar-refractivity contribution in [1.82, 2.24) is 10.2 Å². The van der Waals surface area contributed by atoms with E-state index in [2.05, 4.69) is 36.2 Å². The Morgan fingerprint density at radius 1 is 1.50 bits per heavy atom. The van der Waals surface area contributed by atoms with Crippen LogP contribution in [0.5, 0.6) is 5.75 Å². The Balaban J connectivity index is 2.19. The number of aryl methyl sites for hydroxylation is 1. The molecule has 0 amide bonds. The van der Waals surface area contributed by atoms with E-state index in [1.54, 1.807) is 7.11 Å². The maximum Gasteiger partial charge on any atom is 0.119 e. The summed E-state index contributed by atoms with van der Waals surface area (Å²) in [6.45, 7) is 8.24. The fraction of sp³-hybridized carbons (Fsp3) is 0.625. The molecule has 2 unspecified atom stereocenters. The monoisotopic (exact) mass is 278 g/mol. The molecule has 0 spiro atoms. The molecule has 1 aliphatic heterocycles. The predicted octanol–water partition coefficient (Wildman–Crippen LogP) is 1.98. The molecule has 0 aromatic heterocycles. The van der Waals surface area contributed by atoms with Crippen LogP contribution < -0.4 is 10.1 Å². The Labute approximate surface area is 122 Å². The lowest BCUT2D eigenvalue weighted by Crippen LogP contribution is -2.47. The van der Waals surface area contributed by atoms with E-state index in [0.717, 1.165) is 32.0 Å². The largest absolute Gasteiger partial charge is 0.497 e. The average Bonchev–Trinajstić information content (AvgIpc) is 2.49. The molecule has 1 aliphatic rings. The molecule has 4 nitrogen and oxygen atoms in total. The fourth-order valence-corrected chi connectivity index (χ4v) is 2.89. The maximum absolute atomic E-state index is 5.99. The van der Waals surface area contributed by atoms with Gasteiger partial charge in [0.2, 0.25) is 0 Å². The molecule has 1 heterocycles. The smallest absolute Gasteiger partial charge is 0.119 e. The second kappa shape index (κ2) is 7.07. The summed E-state index contributed by atoms with van der Waals surface area (Å²) in [6.07, 6.45) is 0.195. The van der Waals surface area contributed by atoms with Gasteiger partial charge in [0.25, 0.3) is 0 Å². The first-order valence-corrected chi connectivity index (χ1v) is 7.35. The molecule has 20 heavy (non-hydrogen) atoms. The molecule has 2 atom stereocenters. The van der Waals surface area contributed by atoms with Crippen molar-refractivity contribution in [3.8, 4) is 5.75 Å². The molecular weight excluding hydrogens is 252 g/mol. The van der Waals surface area contributed by atoms with E-state index >= 15 is 0 Å². The van der Waals surface area contributed by atoms with Gasteiger partial charge in [-0.15, -0.1) is 0 Å². The molecule has 2 rings (SSSR count). The van der Waals surface area contributed by atoms with E-state index in [4.69, 9.17) is 9.47 Å². The van der Waals surface area contributed by atoms with Crippen LogP contribution in [0.2, 0.25) is 0 Å². The van der Waals surface area contributed by atoms with Gasteiger partial charge in [0.15, 0.2) is 0 Å². The van der Waals surface area contributed by atoms with Gasteiger partial charge in [-0.2, -0.15) is 0 Å². The highest BCUT2D eigenvalue weighted by atomic mass is 16.5. The van der Waals surface area contributed by atoms with Crippen LogP contribution in [0.15, 0.2) is 18.2 Å². The summed E-state index contributed by atoms with van der Waals surface area (Å²) in [5.74, 6) is 0.904. The van der Waals surface area contributed by atoms with Crippen LogP contribution in [0.25, 0.3) is 0 Å². The first-order valence-electron chi connectivity index (χ1n) is 7.35. The molecule has 112 valence electrons. The molecule has 1 aromatic carbocycles. The summed E-state index contributed by atoms with van der Waals surface area (Å²) in [5.41, 5.74) is 2.53. The summed E-state index contributed by atoms with van der Waals surface area (Å²) >= 11 is 0. The molecule has 0 bridgehead atoms. The van der Waals surface area contributed by atoms with Gasteiger partial charge >= 0.3 is 0 Å². The van der Waals surface area contributed by atoms with Crippen molar-refractivity contribution in [1.29, 1.82) is 0 Å². The SMILES string of the molecule is CCN1CCOC(C(NC)c2ccc(OC)cc2C)C1. The van der Waals surface area contributed by atoms with Gasteiger partial charge in [-0.1, -0.05) is 13.0 Å². The molecule has 0 saturated carbocycles. The second-order valence-corrected chi connectivity index (χ2v) is 5.29. The Morgan fingerprint density at radius 3 is 2.90 bits per heavy atom. The number of nitrogens with zero attached hydrogens (tertiary/aromatic N) is 1. The highest BCUT2D eigenvalue weighted by molar-refractivity contribution is 5.37. The Kier molecular flexibility index (Phi) is 5.40. The molecule has 1 N–H and O–H groups in total. The van der Waals surface area contributed by atoms with E-state index in [-0.39, 0.29) is 12.1 Å². The van der Waals surface area contributed by atoms with Gasteiger partial charge in [0.1, 0.15) is 5.75 Å². The molecule has 1 fully saturated rings. The van der Waals surface area contributed by atoms with Crippen molar-refractivity contribution in [2.24, 2.45) is 0 Å². The Hall–Kier alpha value is -1.10. The number of methoxy groups -OCH3 is 1. The number of hydrogen-bond acceptors (Lipinski definition) is 4. The van der Waals surface area contributed by atoms with E-state index in [1.807, 2.05) is 13.1 Å². The van der Waals surface area contributed by atoms with Gasteiger partial charge in [-0.3, -0.25) is 4.90 Å². The van der Waals surface area contributed by atoms with Crippen molar-refractivity contribution in [2.75, 3.05) is 40.4 Å². The van der Waals surface area contributed by atoms with Gasteiger partial charge in [-0.25, -0.2) is 0 Å². The van der Waals surface area contributed by atoms with Crippen molar-refractivity contribution in [3.05, 3.63) is 29.3 Å². The first-order chi connectivity index (χ1) is 9.69. The normalized spacial score (nSPS) is 21.7. The summed E-state index contributed by atoms with van der Waals surface area (Å²) in [6, 6.07) is 6.46. The highest BCUT2D eigenvalue weighted by Crippen LogP contribution is 2.27. The Bertz CT molecular complexity index is 436. The van der Waals surface area contributed by atoms with E-state index < -0.39 is 0 Å². The second-order valence-electron chi connectivity index (χ2n) is 5.29. The van der Waals surface area contributed by atoms with Crippen LogP contribution >= 0.6 is 0 Å². The van der Waals surface area contributed by atoms with Crippen LogP contribution in [0.4, 0.5) is 0 Å². The number of morpholine rings is 1. The van der Waals surface area contributed by atoms with Gasteiger partial charge in [-0.05, 0) is 43.8 Å². The number of hydrogen-bond donors (Lipinski definition) is 1. The number of nitrogens with one attached hydrogen (secondary N) is 1. The lowest BCUT2D eigenvalue weighted by molar-refractivity contribution is -0.0445. The summed E-state index contributed by atoms with van der Waals surface area (Å²) in [4.78, 5) is 2.44. The van der Waals surface area contributed by atoms with Crippen LogP contribution in [-0.4, -0.2) is 51.4 Å². The average molecular weight is 278 g/mol. The minimum atomic E-state index is 0.195. The molecule has 0 radical (unpaired) electrons. The Morgan fingerprint density at radius 2 is 2.30 bits per heavy atom. The first kappa shape index (κ1) is 15.3. The fourth-order valence-electron chi connectivity index (χ4n) is 2.89. The van der Waals surface area contributed by atoms with Crippen molar-refractivity contribution in [3.63, 3.8) is 0 Å². The standard InChI is InChI=1S/C16H26N2O2/c1-5-18-8-9-20-15(11-18)16(17-3)14-7-6-13(19-4)10-12(14)2/h6-7,10,15-17H,5,8-9,11H2,1-4H3. The summed E-state index contributed by atoms with van der Waals surface area (Å²) in [5, 5.41) is 3.42. The van der Waals surface area contributed by atoms with Gasteiger partial charge < -0.3 is 14.8 Å². The number of likely N-dealkylation sites (N-methyl/N-ethyl adjacent to an activating group) is 2. The van der Waals surface area contributed by atoms with E-state index in [1.165, 1.54) is 11.1 Å². The summed E-state index contributed by atoms with van der Waals surface area (Å²) < 4.78 is 11.3. The zero-order chi connectivity index (χ0) is 14.5. The van der Waals surface area contributed by atoms with E-state index in [9.17, 15) is 0 Å². The van der Waals surface area contributed by atoms with Crippen LogP contribution in [0, 0.1) is 6.92 Å².